The van der Waals surface area contributed by atoms with Crippen molar-refractivity contribution in [1.82, 2.24) is 4.90 Å². The first-order valence-electron chi connectivity index (χ1n) is 8.44. The Labute approximate surface area is 123 Å². The van der Waals surface area contributed by atoms with E-state index in [9.17, 15) is 9.90 Å². The number of hydrogen-bond acceptors (Lipinski definition) is 3. The second kappa shape index (κ2) is 7.04. The van der Waals surface area contributed by atoms with Gasteiger partial charge in [-0.25, -0.2) is 0 Å². The molecule has 0 saturated heterocycles. The fourth-order valence-electron chi connectivity index (χ4n) is 4.05. The van der Waals surface area contributed by atoms with Gasteiger partial charge in [0, 0.05) is 30.5 Å². The van der Waals surface area contributed by atoms with Gasteiger partial charge in [-0.1, -0.05) is 39.5 Å². The molecule has 3 heteroatoms. The van der Waals surface area contributed by atoms with Gasteiger partial charge in [0.05, 0.1) is 6.61 Å². The summed E-state index contributed by atoms with van der Waals surface area (Å²) in [6, 6.07) is 0.591. The number of nitrogens with zero attached hydrogens (tertiary/aromatic N) is 1. The summed E-state index contributed by atoms with van der Waals surface area (Å²) < 4.78 is 0. The number of rotatable bonds is 5. The Hall–Kier alpha value is -0.410. The van der Waals surface area contributed by atoms with Gasteiger partial charge in [0.15, 0.2) is 0 Å². The molecule has 0 spiro atoms. The summed E-state index contributed by atoms with van der Waals surface area (Å²) in [7, 11) is 0. The molecule has 1 N–H and O–H groups in total. The zero-order valence-corrected chi connectivity index (χ0v) is 13.2. The molecule has 2 fully saturated rings. The highest BCUT2D eigenvalue weighted by atomic mass is 16.3. The first-order chi connectivity index (χ1) is 9.54. The van der Waals surface area contributed by atoms with E-state index in [0.29, 0.717) is 11.8 Å². The molecule has 0 bridgehead atoms. The van der Waals surface area contributed by atoms with Crippen LogP contribution in [0.4, 0.5) is 0 Å². The van der Waals surface area contributed by atoms with Crippen LogP contribution in [0.2, 0.25) is 0 Å². The topological polar surface area (TPSA) is 40.5 Å². The highest BCUT2D eigenvalue weighted by Crippen LogP contribution is 2.36. The molecule has 0 aromatic rings. The molecule has 2 aliphatic rings. The molecule has 0 radical (unpaired) electrons. The maximum atomic E-state index is 12.6. The molecular formula is C17H31NO2. The van der Waals surface area contributed by atoms with Crippen LogP contribution in [0.25, 0.3) is 0 Å². The van der Waals surface area contributed by atoms with E-state index in [1.165, 1.54) is 38.5 Å². The van der Waals surface area contributed by atoms with E-state index in [2.05, 4.69) is 18.7 Å². The van der Waals surface area contributed by atoms with E-state index < -0.39 is 0 Å². The van der Waals surface area contributed by atoms with Crippen molar-refractivity contribution in [3.8, 4) is 0 Å². The smallest absolute Gasteiger partial charge is 0.142 e. The zero-order valence-electron chi connectivity index (χ0n) is 13.2. The third-order valence-electron chi connectivity index (χ3n) is 5.33. The number of carbonyl (C=O) groups is 1. The number of aliphatic hydroxyl groups excluding tert-OH is 1. The lowest BCUT2D eigenvalue weighted by molar-refractivity contribution is -0.135. The molecule has 2 aliphatic carbocycles. The molecule has 2 saturated carbocycles. The van der Waals surface area contributed by atoms with Gasteiger partial charge in [0.25, 0.3) is 0 Å². The van der Waals surface area contributed by atoms with Gasteiger partial charge in [0.1, 0.15) is 5.78 Å². The first-order valence-corrected chi connectivity index (χ1v) is 8.44. The maximum Gasteiger partial charge on any atom is 0.142 e. The number of hydrogen-bond donors (Lipinski definition) is 1. The van der Waals surface area contributed by atoms with Gasteiger partial charge < -0.3 is 5.11 Å². The molecule has 20 heavy (non-hydrogen) atoms. The average molecular weight is 281 g/mol. The lowest BCUT2D eigenvalue weighted by Gasteiger charge is -2.40. The monoisotopic (exact) mass is 281 g/mol. The van der Waals surface area contributed by atoms with Crippen LogP contribution in [0.15, 0.2) is 0 Å². The average Bonchev–Trinajstić information content (AvgIpc) is 2.44. The van der Waals surface area contributed by atoms with Gasteiger partial charge in [-0.2, -0.15) is 0 Å². The Morgan fingerprint density at radius 1 is 1.15 bits per heavy atom. The predicted octanol–water partition coefficient (Wildman–Crippen LogP) is 3.01. The Morgan fingerprint density at radius 2 is 1.85 bits per heavy atom. The summed E-state index contributed by atoms with van der Waals surface area (Å²) in [6.45, 7) is 6.00. The van der Waals surface area contributed by atoms with E-state index in [1.807, 2.05) is 0 Å². The molecule has 2 rings (SSSR count). The summed E-state index contributed by atoms with van der Waals surface area (Å²) in [5.41, 5.74) is -0.139. The minimum Gasteiger partial charge on any atom is -0.395 e. The van der Waals surface area contributed by atoms with E-state index in [0.717, 1.165) is 25.9 Å². The predicted molar refractivity (Wildman–Crippen MR) is 81.7 cm³/mol. The number of ketones is 1. The molecular weight excluding hydrogens is 250 g/mol. The van der Waals surface area contributed by atoms with Crippen LogP contribution in [0.1, 0.15) is 65.2 Å². The second-order valence-corrected chi connectivity index (χ2v) is 7.35. The number of aliphatic hydroxyl groups is 1. The largest absolute Gasteiger partial charge is 0.395 e. The van der Waals surface area contributed by atoms with Crippen LogP contribution in [0, 0.1) is 11.3 Å². The fraction of sp³-hybridized carbons (Fsp3) is 0.941. The van der Waals surface area contributed by atoms with Crippen LogP contribution in [-0.2, 0) is 4.79 Å². The number of carbonyl (C=O) groups excluding carboxylic acids is 1. The molecule has 0 aliphatic heterocycles. The quantitative estimate of drug-likeness (QED) is 0.842. The van der Waals surface area contributed by atoms with Crippen molar-refractivity contribution in [2.24, 2.45) is 11.3 Å². The van der Waals surface area contributed by atoms with Gasteiger partial charge in [0.2, 0.25) is 0 Å². The Balaban J connectivity index is 1.97. The van der Waals surface area contributed by atoms with Crippen molar-refractivity contribution < 1.29 is 9.90 Å². The number of Topliss-reactive ketones (excluding diaryl/α,β-unsaturated/α-hetero) is 1. The van der Waals surface area contributed by atoms with Crippen molar-refractivity contribution in [3.05, 3.63) is 0 Å². The van der Waals surface area contributed by atoms with E-state index in [-0.39, 0.29) is 17.9 Å². The summed E-state index contributed by atoms with van der Waals surface area (Å²) >= 11 is 0. The van der Waals surface area contributed by atoms with Gasteiger partial charge in [-0.05, 0) is 25.7 Å². The molecule has 3 nitrogen and oxygen atoms in total. The van der Waals surface area contributed by atoms with Crippen molar-refractivity contribution >= 4 is 5.78 Å². The summed E-state index contributed by atoms with van der Waals surface area (Å²) in [5.74, 6) is 0.634. The van der Waals surface area contributed by atoms with E-state index >= 15 is 0 Å². The fourth-order valence-corrected chi connectivity index (χ4v) is 4.05. The van der Waals surface area contributed by atoms with Crippen molar-refractivity contribution in [2.45, 2.75) is 71.3 Å². The highest BCUT2D eigenvalue weighted by molar-refractivity contribution is 5.87. The molecule has 0 aromatic heterocycles. The third-order valence-corrected chi connectivity index (χ3v) is 5.33. The lowest BCUT2D eigenvalue weighted by atomic mass is 9.70. The summed E-state index contributed by atoms with van der Waals surface area (Å²) in [5, 5.41) is 9.34. The summed E-state index contributed by atoms with van der Waals surface area (Å²) in [6.07, 6.45) is 9.67. The van der Waals surface area contributed by atoms with Crippen LogP contribution in [0.3, 0.4) is 0 Å². The molecule has 1 atom stereocenters. The minimum absolute atomic E-state index is 0.139. The SMILES string of the molecule is CC1(C)CCCC(CN(CCO)C2CCCCC2)C1=O. The first kappa shape index (κ1) is 16.0. The van der Waals surface area contributed by atoms with E-state index in [1.54, 1.807) is 0 Å². The minimum atomic E-state index is -0.139. The van der Waals surface area contributed by atoms with Gasteiger partial charge in [-0.15, -0.1) is 0 Å². The normalized spacial score (nSPS) is 28.0. The molecule has 1 unspecified atom stereocenters. The molecule has 0 heterocycles. The van der Waals surface area contributed by atoms with Crippen LogP contribution >= 0.6 is 0 Å². The van der Waals surface area contributed by atoms with Crippen molar-refractivity contribution in [1.29, 1.82) is 0 Å². The second-order valence-electron chi connectivity index (χ2n) is 7.35. The maximum absolute atomic E-state index is 12.6. The zero-order chi connectivity index (χ0) is 14.6. The molecule has 0 aromatic carbocycles. The Morgan fingerprint density at radius 3 is 2.50 bits per heavy atom. The molecule has 116 valence electrons. The lowest BCUT2D eigenvalue weighted by Crippen LogP contribution is -2.46. The van der Waals surface area contributed by atoms with Crippen molar-refractivity contribution in [2.75, 3.05) is 19.7 Å². The Kier molecular flexibility index (Phi) is 5.62. The summed E-state index contributed by atoms with van der Waals surface area (Å²) in [4.78, 5) is 15.0. The molecule has 0 amide bonds. The van der Waals surface area contributed by atoms with Gasteiger partial charge in [-0.3, -0.25) is 9.69 Å². The highest BCUT2D eigenvalue weighted by Gasteiger charge is 2.38. The Bertz CT molecular complexity index is 321. The van der Waals surface area contributed by atoms with Crippen LogP contribution < -0.4 is 0 Å². The standard InChI is InChI=1S/C17H31NO2/c1-17(2)10-6-7-14(16(17)20)13-18(11-12-19)15-8-4-3-5-9-15/h14-15,19H,3-13H2,1-2H3. The van der Waals surface area contributed by atoms with Crippen LogP contribution in [-0.4, -0.2) is 41.5 Å². The van der Waals surface area contributed by atoms with E-state index in [4.69, 9.17) is 0 Å². The third kappa shape index (κ3) is 3.82. The van der Waals surface area contributed by atoms with Crippen molar-refractivity contribution in [3.63, 3.8) is 0 Å². The van der Waals surface area contributed by atoms with Gasteiger partial charge >= 0.3 is 0 Å². The van der Waals surface area contributed by atoms with Crippen LogP contribution in [0.5, 0.6) is 0 Å².